The lowest BCUT2D eigenvalue weighted by molar-refractivity contribution is 1.02. The Bertz CT molecular complexity index is 472. The van der Waals surface area contributed by atoms with Gasteiger partial charge >= 0.3 is 0 Å². The van der Waals surface area contributed by atoms with Gasteiger partial charge in [-0.05, 0) is 38.1 Å². The van der Waals surface area contributed by atoms with Crippen molar-refractivity contribution in [3.05, 3.63) is 35.7 Å². The number of nitrogen functional groups attached to an aromatic ring is 1. The Morgan fingerprint density at radius 2 is 1.75 bits per heavy atom. The molecule has 0 saturated heterocycles. The highest BCUT2D eigenvalue weighted by Gasteiger charge is 2.02. The average Bonchev–Trinajstić information content (AvgIpc) is 2.28. The van der Waals surface area contributed by atoms with E-state index >= 15 is 0 Å². The Hall–Kier alpha value is -2.01. The highest BCUT2D eigenvalue weighted by molar-refractivity contribution is 5.60. The Labute approximate surface area is 93.7 Å². The van der Waals surface area contributed by atoms with Crippen molar-refractivity contribution < 1.29 is 0 Å². The van der Waals surface area contributed by atoms with Crippen LogP contribution in [0.2, 0.25) is 0 Å². The second-order valence-corrected chi connectivity index (χ2v) is 3.59. The number of aryl methyl sites for hydroxylation is 2. The van der Waals surface area contributed by atoms with Gasteiger partial charge in [-0.25, -0.2) is 5.84 Å². The number of aromatic nitrogens is 3. The van der Waals surface area contributed by atoms with Crippen LogP contribution >= 0.6 is 0 Å². The van der Waals surface area contributed by atoms with E-state index in [9.17, 15) is 0 Å². The second-order valence-electron chi connectivity index (χ2n) is 3.59. The SMILES string of the molecule is Cc1cc(-c2ccc(NN)nn2)cc(C)n1. The topological polar surface area (TPSA) is 76.7 Å². The standard InChI is InChI=1S/C11H13N5/c1-7-5-9(6-8(2)13-7)10-3-4-11(14-12)16-15-10/h3-6H,12H2,1-2H3,(H,14,16). The first-order chi connectivity index (χ1) is 7.69. The molecule has 2 aromatic heterocycles. The van der Waals surface area contributed by atoms with Gasteiger partial charge in [0, 0.05) is 17.0 Å². The van der Waals surface area contributed by atoms with Gasteiger partial charge < -0.3 is 5.43 Å². The van der Waals surface area contributed by atoms with Gasteiger partial charge in [-0.15, -0.1) is 10.2 Å². The molecule has 2 heterocycles. The van der Waals surface area contributed by atoms with Crippen molar-refractivity contribution in [2.45, 2.75) is 13.8 Å². The summed E-state index contributed by atoms with van der Waals surface area (Å²) < 4.78 is 0. The van der Waals surface area contributed by atoms with Crippen LogP contribution in [0.1, 0.15) is 11.4 Å². The molecule has 2 rings (SSSR count). The third-order valence-corrected chi connectivity index (χ3v) is 2.19. The summed E-state index contributed by atoms with van der Waals surface area (Å²) in [5.41, 5.74) is 6.21. The van der Waals surface area contributed by atoms with Gasteiger partial charge in [-0.3, -0.25) is 4.98 Å². The minimum absolute atomic E-state index is 0.547. The molecule has 82 valence electrons. The van der Waals surface area contributed by atoms with Crippen LogP contribution < -0.4 is 11.3 Å². The van der Waals surface area contributed by atoms with Crippen LogP contribution in [0.4, 0.5) is 5.82 Å². The number of hydrogen-bond acceptors (Lipinski definition) is 5. The largest absolute Gasteiger partial charge is 0.307 e. The molecule has 5 nitrogen and oxygen atoms in total. The molecule has 0 amide bonds. The highest BCUT2D eigenvalue weighted by Crippen LogP contribution is 2.18. The van der Waals surface area contributed by atoms with Crippen molar-refractivity contribution in [2.75, 3.05) is 5.43 Å². The number of nitrogens with zero attached hydrogens (tertiary/aromatic N) is 3. The zero-order valence-corrected chi connectivity index (χ0v) is 9.23. The van der Waals surface area contributed by atoms with Gasteiger partial charge in [0.05, 0.1) is 5.69 Å². The molecule has 0 radical (unpaired) electrons. The van der Waals surface area contributed by atoms with Crippen LogP contribution in [-0.2, 0) is 0 Å². The van der Waals surface area contributed by atoms with Crippen molar-refractivity contribution in [1.29, 1.82) is 0 Å². The smallest absolute Gasteiger partial charge is 0.162 e. The number of pyridine rings is 1. The highest BCUT2D eigenvalue weighted by atomic mass is 15.3. The maximum Gasteiger partial charge on any atom is 0.162 e. The van der Waals surface area contributed by atoms with Gasteiger partial charge in [0.25, 0.3) is 0 Å². The number of nitrogens with two attached hydrogens (primary N) is 1. The van der Waals surface area contributed by atoms with Crippen LogP contribution in [0.3, 0.4) is 0 Å². The van der Waals surface area contributed by atoms with Gasteiger partial charge in [0.15, 0.2) is 5.82 Å². The van der Waals surface area contributed by atoms with Gasteiger partial charge in [0.1, 0.15) is 0 Å². The van der Waals surface area contributed by atoms with E-state index in [4.69, 9.17) is 5.84 Å². The number of anilines is 1. The average molecular weight is 215 g/mol. The molecule has 0 aliphatic heterocycles. The van der Waals surface area contributed by atoms with E-state index in [1.807, 2.05) is 32.0 Å². The van der Waals surface area contributed by atoms with Crippen LogP contribution in [-0.4, -0.2) is 15.2 Å². The maximum absolute atomic E-state index is 5.22. The Morgan fingerprint density at radius 1 is 1.06 bits per heavy atom. The molecule has 0 atom stereocenters. The summed E-state index contributed by atoms with van der Waals surface area (Å²) >= 11 is 0. The van der Waals surface area contributed by atoms with Crippen molar-refractivity contribution in [1.82, 2.24) is 15.2 Å². The summed E-state index contributed by atoms with van der Waals surface area (Å²) in [4.78, 5) is 4.31. The first-order valence-electron chi connectivity index (χ1n) is 4.95. The molecular weight excluding hydrogens is 202 g/mol. The predicted molar refractivity (Wildman–Crippen MR) is 62.5 cm³/mol. The summed E-state index contributed by atoms with van der Waals surface area (Å²) in [7, 11) is 0. The third kappa shape index (κ3) is 2.14. The zero-order chi connectivity index (χ0) is 11.5. The maximum atomic E-state index is 5.22. The zero-order valence-electron chi connectivity index (χ0n) is 9.23. The molecule has 0 fully saturated rings. The lowest BCUT2D eigenvalue weighted by Gasteiger charge is -2.04. The first-order valence-corrected chi connectivity index (χ1v) is 4.95. The van der Waals surface area contributed by atoms with E-state index in [-0.39, 0.29) is 0 Å². The van der Waals surface area contributed by atoms with Crippen LogP contribution in [0.25, 0.3) is 11.3 Å². The lowest BCUT2D eigenvalue weighted by Crippen LogP contribution is -2.09. The fraction of sp³-hybridized carbons (Fsp3) is 0.182. The molecule has 0 aliphatic rings. The Balaban J connectivity index is 2.42. The normalized spacial score (nSPS) is 10.2. The molecule has 0 bridgehead atoms. The van der Waals surface area contributed by atoms with Crippen molar-refractivity contribution in [3.8, 4) is 11.3 Å². The summed E-state index contributed by atoms with van der Waals surface area (Å²) in [5.74, 6) is 5.77. The molecule has 16 heavy (non-hydrogen) atoms. The summed E-state index contributed by atoms with van der Waals surface area (Å²) in [6.45, 7) is 3.92. The molecule has 0 spiro atoms. The summed E-state index contributed by atoms with van der Waals surface area (Å²) in [6, 6.07) is 7.61. The number of hydrazine groups is 1. The Morgan fingerprint density at radius 3 is 2.25 bits per heavy atom. The molecule has 0 unspecified atom stereocenters. The lowest BCUT2D eigenvalue weighted by atomic mass is 10.1. The Kier molecular flexibility index (Phi) is 2.78. The van der Waals surface area contributed by atoms with Gasteiger partial charge in [-0.2, -0.15) is 0 Å². The van der Waals surface area contributed by atoms with E-state index in [2.05, 4.69) is 20.6 Å². The van der Waals surface area contributed by atoms with E-state index in [1.165, 1.54) is 0 Å². The van der Waals surface area contributed by atoms with Crippen LogP contribution in [0.5, 0.6) is 0 Å². The fourth-order valence-electron chi connectivity index (χ4n) is 1.55. The van der Waals surface area contributed by atoms with Crippen molar-refractivity contribution in [3.63, 3.8) is 0 Å². The quantitative estimate of drug-likeness (QED) is 0.585. The van der Waals surface area contributed by atoms with Crippen LogP contribution in [0.15, 0.2) is 24.3 Å². The minimum atomic E-state index is 0.547. The minimum Gasteiger partial charge on any atom is -0.307 e. The van der Waals surface area contributed by atoms with Crippen molar-refractivity contribution in [2.24, 2.45) is 5.84 Å². The third-order valence-electron chi connectivity index (χ3n) is 2.19. The first kappa shape index (κ1) is 10.5. The molecule has 2 aromatic rings. The number of rotatable bonds is 2. The van der Waals surface area contributed by atoms with E-state index in [1.54, 1.807) is 6.07 Å². The van der Waals surface area contributed by atoms with E-state index in [0.717, 1.165) is 22.6 Å². The van der Waals surface area contributed by atoms with Gasteiger partial charge in [0.2, 0.25) is 0 Å². The van der Waals surface area contributed by atoms with E-state index < -0.39 is 0 Å². The van der Waals surface area contributed by atoms with Gasteiger partial charge in [-0.1, -0.05) is 0 Å². The van der Waals surface area contributed by atoms with Crippen molar-refractivity contribution >= 4 is 5.82 Å². The summed E-state index contributed by atoms with van der Waals surface area (Å²) in [5, 5.41) is 8.01. The molecule has 0 aliphatic carbocycles. The molecule has 0 aromatic carbocycles. The molecular formula is C11H13N5. The predicted octanol–water partition coefficient (Wildman–Crippen LogP) is 1.44. The molecule has 0 saturated carbocycles. The van der Waals surface area contributed by atoms with E-state index in [0.29, 0.717) is 5.82 Å². The number of nitrogens with one attached hydrogen (secondary N) is 1. The number of hydrogen-bond donors (Lipinski definition) is 2. The van der Waals surface area contributed by atoms with Crippen LogP contribution in [0, 0.1) is 13.8 Å². The molecule has 3 N–H and O–H groups in total. The second kappa shape index (κ2) is 4.24. The molecule has 5 heteroatoms. The fourth-order valence-corrected chi connectivity index (χ4v) is 1.55. The summed E-state index contributed by atoms with van der Waals surface area (Å²) in [6.07, 6.45) is 0. The monoisotopic (exact) mass is 215 g/mol.